The summed E-state index contributed by atoms with van der Waals surface area (Å²) >= 11 is 0. The summed E-state index contributed by atoms with van der Waals surface area (Å²) in [7, 11) is 0. The van der Waals surface area contributed by atoms with E-state index in [1.165, 1.54) is 0 Å². The number of para-hydroxylation sites is 1. The number of fused-ring (bicyclic) bond motifs is 1. The minimum Gasteiger partial charge on any atom is -0.370 e. The average Bonchev–Trinajstić information content (AvgIpc) is 3.07. The van der Waals surface area contributed by atoms with Crippen molar-refractivity contribution in [2.75, 3.05) is 0 Å². The summed E-state index contributed by atoms with van der Waals surface area (Å²) in [5, 5.41) is 7.22. The standard InChI is InChI=1S/C23H34N4O3.W/c1-14(2)21(29)19(12-16-13-25-18-9-7-6-8-17(16)18)26-22(30)23(5,27-15(3)4)11-10-20(24)28;/h6-9,13-15,19,25,27H,10-12H2,1-5H3,(H2,24,28)(H,26,30);/t19-,23-;/m0./s1. The first-order valence-electron chi connectivity index (χ1n) is 10.5. The SMILES string of the molecule is CC(C)N[C@@](C)(CCC(N)=O)C(=O)N[C@@H](Cc1c[nH]c2ccccc12)C(=O)C(C)C.[W]. The number of Topliss-reactive ketones (excluding diaryl/α,β-unsaturated/α-hetero) is 1. The molecule has 1 aromatic heterocycles. The van der Waals surface area contributed by atoms with E-state index in [1.807, 2.05) is 58.2 Å². The van der Waals surface area contributed by atoms with Gasteiger partial charge in [0.2, 0.25) is 11.8 Å². The third-order valence-corrected chi connectivity index (χ3v) is 5.30. The molecule has 0 saturated carbocycles. The molecule has 0 aliphatic rings. The second-order valence-corrected chi connectivity index (χ2v) is 8.74. The number of nitrogens with two attached hydrogens (primary N) is 1. The normalized spacial score (nSPS) is 14.2. The minimum absolute atomic E-state index is 0. The largest absolute Gasteiger partial charge is 0.370 e. The topological polar surface area (TPSA) is 117 Å². The Morgan fingerprint density at radius 1 is 1.13 bits per heavy atom. The summed E-state index contributed by atoms with van der Waals surface area (Å²) in [5.41, 5.74) is 6.25. The molecule has 0 spiro atoms. The van der Waals surface area contributed by atoms with E-state index in [0.717, 1.165) is 16.5 Å². The van der Waals surface area contributed by atoms with Crippen molar-refractivity contribution in [1.29, 1.82) is 0 Å². The summed E-state index contributed by atoms with van der Waals surface area (Å²) in [5.74, 6) is -1.03. The van der Waals surface area contributed by atoms with Crippen LogP contribution in [0.2, 0.25) is 0 Å². The average molecular weight is 598 g/mol. The quantitative estimate of drug-likeness (QED) is 0.318. The van der Waals surface area contributed by atoms with E-state index < -0.39 is 17.5 Å². The molecule has 2 amide bonds. The van der Waals surface area contributed by atoms with Crippen LogP contribution >= 0.6 is 0 Å². The number of ketones is 1. The van der Waals surface area contributed by atoms with Crippen molar-refractivity contribution in [3.8, 4) is 0 Å². The van der Waals surface area contributed by atoms with Gasteiger partial charge < -0.3 is 21.4 Å². The van der Waals surface area contributed by atoms with Gasteiger partial charge in [-0.2, -0.15) is 0 Å². The molecule has 7 nitrogen and oxygen atoms in total. The van der Waals surface area contributed by atoms with Crippen molar-refractivity contribution in [2.45, 2.75) is 71.5 Å². The molecule has 0 aliphatic heterocycles. The zero-order valence-corrected chi connectivity index (χ0v) is 21.9. The number of aromatic nitrogens is 1. The molecule has 0 fully saturated rings. The van der Waals surface area contributed by atoms with Gasteiger partial charge in [-0.1, -0.05) is 32.0 Å². The molecule has 1 aromatic carbocycles. The van der Waals surface area contributed by atoms with Gasteiger partial charge in [-0.3, -0.25) is 14.4 Å². The number of H-pyrrole nitrogens is 1. The van der Waals surface area contributed by atoms with Crippen LogP contribution in [0.3, 0.4) is 0 Å². The van der Waals surface area contributed by atoms with Gasteiger partial charge in [-0.15, -0.1) is 0 Å². The van der Waals surface area contributed by atoms with Gasteiger partial charge in [0.1, 0.15) is 0 Å². The summed E-state index contributed by atoms with van der Waals surface area (Å²) in [6.07, 6.45) is 2.60. The fraction of sp³-hybridized carbons (Fsp3) is 0.522. The van der Waals surface area contributed by atoms with Crippen LogP contribution in [0.1, 0.15) is 53.0 Å². The molecular formula is C23H34N4O3W. The van der Waals surface area contributed by atoms with Crippen LogP contribution in [0.4, 0.5) is 0 Å². The van der Waals surface area contributed by atoms with E-state index in [9.17, 15) is 14.4 Å². The Bertz CT molecular complexity index is 909. The van der Waals surface area contributed by atoms with Crippen LogP contribution < -0.4 is 16.4 Å². The minimum atomic E-state index is -1.01. The van der Waals surface area contributed by atoms with Crippen molar-refractivity contribution in [1.82, 2.24) is 15.6 Å². The van der Waals surface area contributed by atoms with Gasteiger partial charge in [-0.05, 0) is 38.8 Å². The Morgan fingerprint density at radius 3 is 2.35 bits per heavy atom. The Kier molecular flexibility index (Phi) is 10.1. The van der Waals surface area contributed by atoms with Gasteiger partial charge in [0, 0.05) is 63.0 Å². The number of aromatic amines is 1. The van der Waals surface area contributed by atoms with E-state index in [2.05, 4.69) is 15.6 Å². The van der Waals surface area contributed by atoms with Crippen LogP contribution in [-0.4, -0.2) is 40.2 Å². The first-order chi connectivity index (χ1) is 14.0. The first-order valence-corrected chi connectivity index (χ1v) is 10.5. The van der Waals surface area contributed by atoms with Crippen LogP contribution in [0.25, 0.3) is 10.9 Å². The number of hydrogen-bond acceptors (Lipinski definition) is 4. The molecule has 0 aliphatic carbocycles. The zero-order chi connectivity index (χ0) is 22.5. The molecule has 2 atom stereocenters. The van der Waals surface area contributed by atoms with Gasteiger partial charge >= 0.3 is 0 Å². The maximum absolute atomic E-state index is 13.3. The fourth-order valence-electron chi connectivity index (χ4n) is 3.72. The predicted octanol–water partition coefficient (Wildman–Crippen LogP) is 2.44. The maximum Gasteiger partial charge on any atom is 0.240 e. The summed E-state index contributed by atoms with van der Waals surface area (Å²) in [4.78, 5) is 40.7. The van der Waals surface area contributed by atoms with Crippen LogP contribution in [0.5, 0.6) is 0 Å². The Hall–Kier alpha value is -1.98. The summed E-state index contributed by atoms with van der Waals surface area (Å²) in [6, 6.07) is 7.22. The van der Waals surface area contributed by atoms with Gasteiger partial charge in [0.05, 0.1) is 11.6 Å². The number of carbonyl (C=O) groups excluding carboxylic acids is 3. The van der Waals surface area contributed by atoms with Crippen LogP contribution in [-0.2, 0) is 41.9 Å². The van der Waals surface area contributed by atoms with E-state index in [-0.39, 0.29) is 57.6 Å². The van der Waals surface area contributed by atoms with Crippen molar-refractivity contribution >= 4 is 28.5 Å². The molecule has 8 heteroatoms. The second kappa shape index (κ2) is 11.6. The Labute approximate surface area is 198 Å². The number of nitrogens with one attached hydrogen (secondary N) is 3. The second-order valence-electron chi connectivity index (χ2n) is 8.74. The van der Waals surface area contributed by atoms with E-state index in [1.54, 1.807) is 6.92 Å². The number of hydrogen-bond donors (Lipinski definition) is 4. The van der Waals surface area contributed by atoms with Gasteiger partial charge in [0.25, 0.3) is 0 Å². The molecule has 31 heavy (non-hydrogen) atoms. The number of amides is 2. The van der Waals surface area contributed by atoms with Crippen molar-refractivity contribution in [3.63, 3.8) is 0 Å². The number of carbonyl (C=O) groups is 3. The monoisotopic (exact) mass is 598 g/mol. The number of rotatable bonds is 11. The molecular weight excluding hydrogens is 564 g/mol. The molecule has 0 saturated heterocycles. The predicted molar refractivity (Wildman–Crippen MR) is 119 cm³/mol. The third-order valence-electron chi connectivity index (χ3n) is 5.30. The fourth-order valence-corrected chi connectivity index (χ4v) is 3.72. The molecule has 2 rings (SSSR count). The van der Waals surface area contributed by atoms with Crippen LogP contribution in [0.15, 0.2) is 30.5 Å². The first kappa shape index (κ1) is 27.1. The Balaban J connectivity index is 0.00000480. The number of primary amides is 1. The Morgan fingerprint density at radius 2 is 1.77 bits per heavy atom. The smallest absolute Gasteiger partial charge is 0.240 e. The molecule has 0 bridgehead atoms. The van der Waals surface area contributed by atoms with Crippen molar-refractivity contribution in [2.24, 2.45) is 11.7 Å². The molecule has 0 unspecified atom stereocenters. The summed E-state index contributed by atoms with van der Waals surface area (Å²) < 4.78 is 0. The zero-order valence-electron chi connectivity index (χ0n) is 19.0. The van der Waals surface area contributed by atoms with Crippen molar-refractivity contribution < 1.29 is 35.4 Å². The van der Waals surface area contributed by atoms with Crippen molar-refractivity contribution in [3.05, 3.63) is 36.0 Å². The van der Waals surface area contributed by atoms with Gasteiger partial charge in [0.15, 0.2) is 5.78 Å². The molecule has 2 aromatic rings. The maximum atomic E-state index is 13.3. The molecule has 0 radical (unpaired) electrons. The van der Waals surface area contributed by atoms with E-state index >= 15 is 0 Å². The van der Waals surface area contributed by atoms with E-state index in [4.69, 9.17) is 5.73 Å². The van der Waals surface area contributed by atoms with Gasteiger partial charge in [-0.25, -0.2) is 0 Å². The molecule has 5 N–H and O–H groups in total. The molecule has 1 heterocycles. The van der Waals surface area contributed by atoms with E-state index in [0.29, 0.717) is 6.42 Å². The molecule has 170 valence electrons. The van der Waals surface area contributed by atoms with Crippen LogP contribution in [0, 0.1) is 5.92 Å². The summed E-state index contributed by atoms with van der Waals surface area (Å²) in [6.45, 7) is 9.26. The third kappa shape index (κ3) is 7.29. The number of benzene rings is 1.